The number of hydrogen-bond donors (Lipinski definition) is 1. The summed E-state index contributed by atoms with van der Waals surface area (Å²) in [4.78, 5) is 0. The lowest BCUT2D eigenvalue weighted by molar-refractivity contribution is 0.286. The molecular formula is C10H16O. The fourth-order valence-electron chi connectivity index (χ4n) is 1.77. The summed E-state index contributed by atoms with van der Waals surface area (Å²) in [6, 6.07) is 0. The summed E-state index contributed by atoms with van der Waals surface area (Å²) in [6.45, 7) is 6.38. The van der Waals surface area contributed by atoms with Crippen LogP contribution in [0.3, 0.4) is 0 Å². The molecule has 0 aromatic carbocycles. The monoisotopic (exact) mass is 152 g/mol. The number of aliphatic hydroxyl groups excluding tert-OH is 1. The Labute approximate surface area is 68.4 Å². The minimum atomic E-state index is 0.310. The Bertz CT molecular complexity index is 201. The summed E-state index contributed by atoms with van der Waals surface area (Å²) in [5.41, 5.74) is 1.39. The molecule has 2 atom stereocenters. The van der Waals surface area contributed by atoms with E-state index in [-0.39, 0.29) is 0 Å². The fourth-order valence-corrected chi connectivity index (χ4v) is 1.77. The van der Waals surface area contributed by atoms with Gasteiger partial charge in [0.05, 0.1) is 5.76 Å². The Hall–Kier alpha value is -0.720. The third-order valence-corrected chi connectivity index (χ3v) is 2.61. The van der Waals surface area contributed by atoms with Gasteiger partial charge < -0.3 is 5.11 Å². The van der Waals surface area contributed by atoms with Crippen molar-refractivity contribution in [1.29, 1.82) is 0 Å². The fraction of sp³-hybridized carbons (Fsp3) is 0.600. The average molecular weight is 152 g/mol. The zero-order valence-corrected chi connectivity index (χ0v) is 7.46. The lowest BCUT2D eigenvalue weighted by Crippen LogP contribution is -2.17. The van der Waals surface area contributed by atoms with E-state index in [0.717, 1.165) is 6.42 Å². The largest absolute Gasteiger partial charge is 0.512 e. The highest BCUT2D eigenvalue weighted by Crippen LogP contribution is 2.31. The van der Waals surface area contributed by atoms with Gasteiger partial charge in [-0.05, 0) is 25.3 Å². The molecule has 1 nitrogen and oxygen atoms in total. The number of hydrogen-bond acceptors (Lipinski definition) is 1. The average Bonchev–Trinajstić information content (AvgIpc) is 1.99. The summed E-state index contributed by atoms with van der Waals surface area (Å²) in [5.74, 6) is 1.38. The smallest absolute Gasteiger partial charge is 0.0956 e. The topological polar surface area (TPSA) is 20.2 Å². The third kappa shape index (κ3) is 1.47. The Morgan fingerprint density at radius 1 is 1.45 bits per heavy atom. The van der Waals surface area contributed by atoms with Crippen molar-refractivity contribution in [2.45, 2.75) is 27.2 Å². The molecule has 62 valence electrons. The molecule has 0 heterocycles. The predicted octanol–water partition coefficient (Wildman–Crippen LogP) is 3.05. The standard InChI is InChI=1S/C10H16O/c1-4-9-7(2)5-6-10(11)8(9)3/h5-6,8-9,11H,4H2,1-3H3/t8-,9+/m1/s1. The van der Waals surface area contributed by atoms with E-state index >= 15 is 0 Å². The van der Waals surface area contributed by atoms with Crippen molar-refractivity contribution >= 4 is 0 Å². The van der Waals surface area contributed by atoms with Gasteiger partial charge in [-0.3, -0.25) is 0 Å². The Kier molecular flexibility index (Phi) is 2.38. The molecule has 0 saturated heterocycles. The van der Waals surface area contributed by atoms with Gasteiger partial charge in [0, 0.05) is 5.92 Å². The first-order valence-electron chi connectivity index (χ1n) is 4.24. The van der Waals surface area contributed by atoms with Gasteiger partial charge in [-0.1, -0.05) is 25.5 Å². The van der Waals surface area contributed by atoms with Gasteiger partial charge >= 0.3 is 0 Å². The van der Waals surface area contributed by atoms with E-state index < -0.39 is 0 Å². The van der Waals surface area contributed by atoms with Crippen LogP contribution >= 0.6 is 0 Å². The molecule has 1 heteroatoms. The summed E-state index contributed by atoms with van der Waals surface area (Å²) < 4.78 is 0. The molecule has 0 bridgehead atoms. The summed E-state index contributed by atoms with van der Waals surface area (Å²) in [7, 11) is 0. The molecule has 1 aliphatic rings. The van der Waals surface area contributed by atoms with Gasteiger partial charge in [0.15, 0.2) is 0 Å². The van der Waals surface area contributed by atoms with E-state index in [0.29, 0.717) is 17.6 Å². The summed E-state index contributed by atoms with van der Waals surface area (Å²) >= 11 is 0. The first kappa shape index (κ1) is 8.38. The summed E-state index contributed by atoms with van der Waals surface area (Å²) in [6.07, 6.45) is 4.94. The number of aliphatic hydroxyl groups is 1. The van der Waals surface area contributed by atoms with Crippen LogP contribution in [0.4, 0.5) is 0 Å². The van der Waals surface area contributed by atoms with Crippen LogP contribution in [0.1, 0.15) is 27.2 Å². The van der Waals surface area contributed by atoms with Gasteiger partial charge in [0.25, 0.3) is 0 Å². The van der Waals surface area contributed by atoms with Crippen LogP contribution < -0.4 is 0 Å². The third-order valence-electron chi connectivity index (χ3n) is 2.61. The van der Waals surface area contributed by atoms with Crippen LogP contribution in [-0.4, -0.2) is 5.11 Å². The highest BCUT2D eigenvalue weighted by Gasteiger charge is 2.22. The highest BCUT2D eigenvalue weighted by molar-refractivity contribution is 5.23. The normalized spacial score (nSPS) is 31.2. The maximum Gasteiger partial charge on any atom is 0.0956 e. The summed E-state index contributed by atoms with van der Waals surface area (Å²) in [5, 5.41) is 9.41. The minimum Gasteiger partial charge on any atom is -0.512 e. The molecule has 0 spiro atoms. The first-order chi connectivity index (χ1) is 5.16. The van der Waals surface area contributed by atoms with Gasteiger partial charge in [-0.15, -0.1) is 0 Å². The van der Waals surface area contributed by atoms with Crippen molar-refractivity contribution in [2.24, 2.45) is 11.8 Å². The second kappa shape index (κ2) is 3.12. The second-order valence-electron chi connectivity index (χ2n) is 3.31. The van der Waals surface area contributed by atoms with Crippen molar-refractivity contribution in [3.8, 4) is 0 Å². The van der Waals surface area contributed by atoms with Crippen LogP contribution in [-0.2, 0) is 0 Å². The molecule has 1 N–H and O–H groups in total. The van der Waals surface area contributed by atoms with E-state index in [1.165, 1.54) is 5.57 Å². The molecule has 0 fully saturated rings. The molecular weight excluding hydrogens is 136 g/mol. The van der Waals surface area contributed by atoms with E-state index in [2.05, 4.69) is 20.8 Å². The molecule has 11 heavy (non-hydrogen) atoms. The lowest BCUT2D eigenvalue weighted by atomic mass is 9.81. The molecule has 1 rings (SSSR count). The Morgan fingerprint density at radius 2 is 2.09 bits per heavy atom. The van der Waals surface area contributed by atoms with Crippen LogP contribution in [0.15, 0.2) is 23.5 Å². The van der Waals surface area contributed by atoms with Crippen molar-refractivity contribution in [2.75, 3.05) is 0 Å². The number of allylic oxidation sites excluding steroid dienone is 4. The van der Waals surface area contributed by atoms with E-state index in [4.69, 9.17) is 0 Å². The van der Waals surface area contributed by atoms with Crippen LogP contribution in [0.25, 0.3) is 0 Å². The van der Waals surface area contributed by atoms with Gasteiger partial charge in [0.1, 0.15) is 0 Å². The molecule has 0 saturated carbocycles. The van der Waals surface area contributed by atoms with Crippen molar-refractivity contribution in [3.05, 3.63) is 23.5 Å². The van der Waals surface area contributed by atoms with E-state index in [1.54, 1.807) is 0 Å². The molecule has 0 radical (unpaired) electrons. The van der Waals surface area contributed by atoms with Gasteiger partial charge in [-0.2, -0.15) is 0 Å². The molecule has 0 amide bonds. The maximum absolute atomic E-state index is 9.41. The molecule has 0 aromatic heterocycles. The van der Waals surface area contributed by atoms with Crippen molar-refractivity contribution < 1.29 is 5.11 Å². The molecule has 1 aliphatic carbocycles. The van der Waals surface area contributed by atoms with E-state index in [9.17, 15) is 5.11 Å². The van der Waals surface area contributed by atoms with Crippen molar-refractivity contribution in [3.63, 3.8) is 0 Å². The highest BCUT2D eigenvalue weighted by atomic mass is 16.3. The second-order valence-corrected chi connectivity index (χ2v) is 3.31. The molecule has 0 unspecified atom stereocenters. The Balaban J connectivity index is 2.84. The van der Waals surface area contributed by atoms with Crippen molar-refractivity contribution in [1.82, 2.24) is 0 Å². The Morgan fingerprint density at radius 3 is 2.55 bits per heavy atom. The zero-order chi connectivity index (χ0) is 8.43. The minimum absolute atomic E-state index is 0.310. The zero-order valence-electron chi connectivity index (χ0n) is 7.46. The van der Waals surface area contributed by atoms with Gasteiger partial charge in [0.2, 0.25) is 0 Å². The van der Waals surface area contributed by atoms with E-state index in [1.807, 2.05) is 12.2 Å². The SMILES string of the molecule is CC[C@H]1C(C)=CC=C(O)[C@@H]1C. The van der Waals surface area contributed by atoms with Crippen LogP contribution in [0.2, 0.25) is 0 Å². The maximum atomic E-state index is 9.41. The molecule has 0 aliphatic heterocycles. The van der Waals surface area contributed by atoms with Crippen LogP contribution in [0.5, 0.6) is 0 Å². The van der Waals surface area contributed by atoms with Crippen LogP contribution in [0, 0.1) is 11.8 Å². The quantitative estimate of drug-likeness (QED) is 0.612. The predicted molar refractivity (Wildman–Crippen MR) is 47.4 cm³/mol. The first-order valence-corrected chi connectivity index (χ1v) is 4.24. The molecule has 0 aromatic rings. The number of rotatable bonds is 1. The lowest BCUT2D eigenvalue weighted by Gasteiger charge is -2.25. The van der Waals surface area contributed by atoms with Gasteiger partial charge in [-0.25, -0.2) is 0 Å².